The van der Waals surface area contributed by atoms with Crippen LogP contribution in [0.4, 0.5) is 5.00 Å². The number of fused-ring (bicyclic) bond motifs is 1. The fourth-order valence-corrected chi connectivity index (χ4v) is 4.52. The molecular formula is C21H27N5S. The van der Waals surface area contributed by atoms with Crippen LogP contribution in [0.25, 0.3) is 10.9 Å². The summed E-state index contributed by atoms with van der Waals surface area (Å²) in [5.41, 5.74) is 3.87. The molecule has 0 atom stereocenters. The molecule has 142 valence electrons. The van der Waals surface area contributed by atoms with E-state index in [0.717, 1.165) is 45.1 Å². The predicted molar refractivity (Wildman–Crippen MR) is 116 cm³/mol. The average molecular weight is 382 g/mol. The summed E-state index contributed by atoms with van der Waals surface area (Å²) in [6, 6.07) is 10.9. The number of guanidine groups is 1. The smallest absolute Gasteiger partial charge is 0.193 e. The second-order valence-electron chi connectivity index (χ2n) is 7.01. The van der Waals surface area contributed by atoms with Gasteiger partial charge < -0.3 is 20.1 Å². The zero-order valence-corrected chi connectivity index (χ0v) is 16.9. The Kier molecular flexibility index (Phi) is 5.34. The van der Waals surface area contributed by atoms with E-state index in [1.54, 1.807) is 0 Å². The Labute approximate surface area is 164 Å². The maximum atomic E-state index is 4.50. The van der Waals surface area contributed by atoms with Crippen molar-refractivity contribution in [3.05, 3.63) is 53.0 Å². The van der Waals surface area contributed by atoms with Gasteiger partial charge in [-0.3, -0.25) is 4.99 Å². The van der Waals surface area contributed by atoms with Crippen molar-refractivity contribution in [1.82, 2.24) is 15.2 Å². The van der Waals surface area contributed by atoms with Crippen molar-refractivity contribution < 1.29 is 0 Å². The van der Waals surface area contributed by atoms with Crippen molar-refractivity contribution in [2.24, 2.45) is 4.99 Å². The van der Waals surface area contributed by atoms with Gasteiger partial charge in [-0.1, -0.05) is 12.1 Å². The lowest BCUT2D eigenvalue weighted by atomic mass is 10.1. The molecule has 5 nitrogen and oxygen atoms in total. The zero-order chi connectivity index (χ0) is 18.6. The van der Waals surface area contributed by atoms with E-state index in [0.29, 0.717) is 0 Å². The van der Waals surface area contributed by atoms with Crippen LogP contribution in [0.15, 0.2) is 46.9 Å². The summed E-state index contributed by atoms with van der Waals surface area (Å²) in [4.78, 5) is 12.7. The molecule has 1 aliphatic heterocycles. The monoisotopic (exact) mass is 381 g/mol. The van der Waals surface area contributed by atoms with E-state index in [1.807, 2.05) is 18.4 Å². The predicted octanol–water partition coefficient (Wildman–Crippen LogP) is 3.48. The Morgan fingerprint density at radius 1 is 1.22 bits per heavy atom. The third-order valence-corrected chi connectivity index (χ3v) is 6.14. The molecule has 2 aromatic heterocycles. The highest BCUT2D eigenvalue weighted by atomic mass is 32.1. The fraction of sp³-hybridized carbons (Fsp3) is 0.381. The SMILES string of the molecule is CN=C(NCCc1c[nH]c2cc(C)ccc12)N1CCN(c2cccs2)CC1. The highest BCUT2D eigenvalue weighted by Gasteiger charge is 2.20. The molecule has 0 aliphatic carbocycles. The first-order valence-corrected chi connectivity index (χ1v) is 10.4. The number of hydrogen-bond donors (Lipinski definition) is 2. The van der Waals surface area contributed by atoms with E-state index in [9.17, 15) is 0 Å². The van der Waals surface area contributed by atoms with Crippen LogP contribution >= 0.6 is 11.3 Å². The van der Waals surface area contributed by atoms with Crippen LogP contribution in [0.1, 0.15) is 11.1 Å². The summed E-state index contributed by atoms with van der Waals surface area (Å²) in [5, 5.41) is 8.39. The van der Waals surface area contributed by atoms with Gasteiger partial charge in [0.1, 0.15) is 0 Å². The van der Waals surface area contributed by atoms with E-state index in [4.69, 9.17) is 0 Å². The second kappa shape index (κ2) is 8.05. The largest absolute Gasteiger partial charge is 0.361 e. The maximum absolute atomic E-state index is 4.50. The van der Waals surface area contributed by atoms with Gasteiger partial charge in [-0.15, -0.1) is 11.3 Å². The fourth-order valence-electron chi connectivity index (χ4n) is 3.74. The van der Waals surface area contributed by atoms with Crippen molar-refractivity contribution in [2.45, 2.75) is 13.3 Å². The van der Waals surface area contributed by atoms with Crippen LogP contribution in [0, 0.1) is 6.92 Å². The molecule has 3 aromatic rings. The van der Waals surface area contributed by atoms with Crippen molar-refractivity contribution in [3.63, 3.8) is 0 Å². The van der Waals surface area contributed by atoms with Crippen molar-refractivity contribution >= 4 is 33.2 Å². The number of nitrogens with zero attached hydrogens (tertiary/aromatic N) is 3. The topological polar surface area (TPSA) is 46.7 Å². The number of thiophene rings is 1. The zero-order valence-electron chi connectivity index (χ0n) is 16.0. The molecule has 1 aliphatic rings. The first-order chi connectivity index (χ1) is 13.2. The molecule has 4 rings (SSSR count). The minimum Gasteiger partial charge on any atom is -0.361 e. The van der Waals surface area contributed by atoms with Crippen LogP contribution in [-0.2, 0) is 6.42 Å². The van der Waals surface area contributed by atoms with Crippen molar-refractivity contribution in [1.29, 1.82) is 0 Å². The summed E-state index contributed by atoms with van der Waals surface area (Å²) < 4.78 is 0. The average Bonchev–Trinajstić information content (AvgIpc) is 3.35. The number of rotatable bonds is 4. The molecule has 0 bridgehead atoms. The van der Waals surface area contributed by atoms with E-state index < -0.39 is 0 Å². The van der Waals surface area contributed by atoms with Gasteiger partial charge >= 0.3 is 0 Å². The summed E-state index contributed by atoms with van der Waals surface area (Å²) in [6.07, 6.45) is 3.12. The van der Waals surface area contributed by atoms with Crippen LogP contribution in [0.3, 0.4) is 0 Å². The quantitative estimate of drug-likeness (QED) is 0.537. The van der Waals surface area contributed by atoms with Gasteiger partial charge in [0.2, 0.25) is 0 Å². The number of aromatic amines is 1. The highest BCUT2D eigenvalue weighted by Crippen LogP contribution is 2.22. The lowest BCUT2D eigenvalue weighted by Crippen LogP contribution is -2.52. The van der Waals surface area contributed by atoms with Gasteiger partial charge in [0.05, 0.1) is 5.00 Å². The van der Waals surface area contributed by atoms with Gasteiger partial charge in [-0.2, -0.15) is 0 Å². The number of piperazine rings is 1. The summed E-state index contributed by atoms with van der Waals surface area (Å²) >= 11 is 1.82. The van der Waals surface area contributed by atoms with E-state index in [-0.39, 0.29) is 0 Å². The summed E-state index contributed by atoms with van der Waals surface area (Å²) in [5.74, 6) is 1.01. The number of aromatic nitrogens is 1. The molecule has 0 unspecified atom stereocenters. The standard InChI is InChI=1S/C21H27N5S/c1-16-5-6-18-17(15-24-19(18)14-16)7-8-23-21(22-2)26-11-9-25(10-12-26)20-4-3-13-27-20/h3-6,13-15,24H,7-12H2,1-2H3,(H,22,23). The highest BCUT2D eigenvalue weighted by molar-refractivity contribution is 7.14. The lowest BCUT2D eigenvalue weighted by molar-refractivity contribution is 0.374. The van der Waals surface area contributed by atoms with Gasteiger partial charge in [-0.05, 0) is 48.1 Å². The molecule has 0 amide bonds. The van der Waals surface area contributed by atoms with Crippen LogP contribution in [0.2, 0.25) is 0 Å². The Bertz CT molecular complexity index is 904. The minimum atomic E-state index is 0.888. The van der Waals surface area contributed by atoms with Gasteiger partial charge in [0.15, 0.2) is 5.96 Å². The number of anilines is 1. The second-order valence-corrected chi connectivity index (χ2v) is 7.94. The molecule has 2 N–H and O–H groups in total. The molecule has 0 radical (unpaired) electrons. The Hall–Kier alpha value is -2.47. The third-order valence-electron chi connectivity index (χ3n) is 5.21. The van der Waals surface area contributed by atoms with Crippen LogP contribution in [-0.4, -0.2) is 55.6 Å². The number of hydrogen-bond acceptors (Lipinski definition) is 3. The molecule has 1 saturated heterocycles. The summed E-state index contributed by atoms with van der Waals surface area (Å²) in [6.45, 7) is 7.11. The van der Waals surface area contributed by atoms with Gasteiger partial charge in [-0.25, -0.2) is 0 Å². The Morgan fingerprint density at radius 3 is 2.81 bits per heavy atom. The first-order valence-electron chi connectivity index (χ1n) is 9.55. The summed E-state index contributed by atoms with van der Waals surface area (Å²) in [7, 11) is 1.88. The molecule has 6 heteroatoms. The number of nitrogens with one attached hydrogen (secondary N) is 2. The van der Waals surface area contributed by atoms with E-state index in [1.165, 1.54) is 27.0 Å². The van der Waals surface area contributed by atoms with Crippen molar-refractivity contribution in [3.8, 4) is 0 Å². The molecule has 3 heterocycles. The molecule has 1 aromatic carbocycles. The maximum Gasteiger partial charge on any atom is 0.193 e. The molecule has 1 fully saturated rings. The molecule has 0 spiro atoms. The van der Waals surface area contributed by atoms with E-state index in [2.05, 4.69) is 73.9 Å². The van der Waals surface area contributed by atoms with Gasteiger partial charge in [0, 0.05) is 56.9 Å². The molecule has 0 saturated carbocycles. The number of aliphatic imine (C=N–C) groups is 1. The van der Waals surface area contributed by atoms with E-state index >= 15 is 0 Å². The minimum absolute atomic E-state index is 0.888. The first kappa shape index (κ1) is 17.9. The Balaban J connectivity index is 1.30. The van der Waals surface area contributed by atoms with Crippen LogP contribution in [0.5, 0.6) is 0 Å². The van der Waals surface area contributed by atoms with Gasteiger partial charge in [0.25, 0.3) is 0 Å². The Morgan fingerprint density at radius 2 is 2.07 bits per heavy atom. The molecular weight excluding hydrogens is 354 g/mol. The number of aryl methyl sites for hydroxylation is 1. The van der Waals surface area contributed by atoms with Crippen LogP contribution < -0.4 is 10.2 Å². The number of H-pyrrole nitrogens is 1. The lowest BCUT2D eigenvalue weighted by Gasteiger charge is -2.37. The normalized spacial score (nSPS) is 15.6. The van der Waals surface area contributed by atoms with Crippen molar-refractivity contribution in [2.75, 3.05) is 44.7 Å². The number of benzene rings is 1. The third kappa shape index (κ3) is 3.95. The molecule has 27 heavy (non-hydrogen) atoms.